The van der Waals surface area contributed by atoms with Gasteiger partial charge in [0.15, 0.2) is 5.82 Å². The summed E-state index contributed by atoms with van der Waals surface area (Å²) in [7, 11) is -3.65. The van der Waals surface area contributed by atoms with Crippen LogP contribution in [-0.2, 0) is 16.4 Å². The molecule has 1 aromatic heterocycles. The quantitative estimate of drug-likeness (QED) is 0.681. The number of sulfonamides is 1. The van der Waals surface area contributed by atoms with E-state index >= 15 is 0 Å². The summed E-state index contributed by atoms with van der Waals surface area (Å²) < 4.78 is 26.9. The molecule has 0 aliphatic heterocycles. The molecule has 6 nitrogen and oxygen atoms in total. The van der Waals surface area contributed by atoms with Gasteiger partial charge >= 0.3 is 0 Å². The summed E-state index contributed by atoms with van der Waals surface area (Å²) in [5.74, 6) is 0.774. The topological polar surface area (TPSA) is 84.0 Å². The molecule has 0 amide bonds. The molecule has 0 saturated heterocycles. The zero-order valence-electron chi connectivity index (χ0n) is 13.5. The molecule has 0 aliphatic carbocycles. The van der Waals surface area contributed by atoms with Crippen molar-refractivity contribution in [1.29, 1.82) is 0 Å². The largest absolute Gasteiger partial charge is 0.368 e. The first-order valence-electron chi connectivity index (χ1n) is 7.83. The first-order valence-corrected chi connectivity index (χ1v) is 9.31. The summed E-state index contributed by atoms with van der Waals surface area (Å²) >= 11 is 0. The normalized spacial score (nSPS) is 11.0. The monoisotopic (exact) mass is 354 g/mol. The standard InChI is InChI=1S/C18H18N4O2S/c23-25(24,16-9-5-2-6-10-16)22-18-12-11-17(20-21-18)19-14-13-15-7-3-1-4-8-15/h1-12H,13-14H2,(H,19,20)(H,21,22). The number of rotatable bonds is 7. The maximum absolute atomic E-state index is 12.2. The first kappa shape index (κ1) is 16.9. The van der Waals surface area contributed by atoms with Gasteiger partial charge in [-0.1, -0.05) is 48.5 Å². The zero-order chi connectivity index (χ0) is 17.5. The van der Waals surface area contributed by atoms with E-state index in [4.69, 9.17) is 0 Å². The summed E-state index contributed by atoms with van der Waals surface area (Å²) in [6.07, 6.45) is 0.866. The highest BCUT2D eigenvalue weighted by atomic mass is 32.2. The SMILES string of the molecule is O=S(=O)(Nc1ccc(NCCc2ccccc2)nn1)c1ccccc1. The van der Waals surface area contributed by atoms with E-state index in [0.717, 1.165) is 6.42 Å². The van der Waals surface area contributed by atoms with Gasteiger partial charge in [-0.2, -0.15) is 0 Å². The molecule has 0 bridgehead atoms. The van der Waals surface area contributed by atoms with E-state index in [2.05, 4.69) is 32.4 Å². The third kappa shape index (κ3) is 4.77. The van der Waals surface area contributed by atoms with Crippen molar-refractivity contribution < 1.29 is 8.42 Å². The molecular weight excluding hydrogens is 336 g/mol. The van der Waals surface area contributed by atoms with Crippen molar-refractivity contribution in [3.05, 3.63) is 78.4 Å². The molecule has 0 saturated carbocycles. The molecule has 3 aromatic rings. The lowest BCUT2D eigenvalue weighted by Crippen LogP contribution is -2.14. The summed E-state index contributed by atoms with van der Waals surface area (Å²) in [5, 5.41) is 11.1. The van der Waals surface area contributed by atoms with E-state index in [-0.39, 0.29) is 10.7 Å². The van der Waals surface area contributed by atoms with E-state index in [1.165, 1.54) is 17.7 Å². The van der Waals surface area contributed by atoms with Crippen molar-refractivity contribution in [1.82, 2.24) is 10.2 Å². The molecule has 7 heteroatoms. The molecule has 25 heavy (non-hydrogen) atoms. The summed E-state index contributed by atoms with van der Waals surface area (Å²) in [4.78, 5) is 0.182. The second-order valence-corrected chi connectivity index (χ2v) is 7.07. The maximum atomic E-state index is 12.2. The lowest BCUT2D eigenvalue weighted by atomic mass is 10.1. The van der Waals surface area contributed by atoms with Crippen molar-refractivity contribution in [2.24, 2.45) is 0 Å². The van der Waals surface area contributed by atoms with E-state index in [0.29, 0.717) is 12.4 Å². The Labute approximate surface area is 147 Å². The summed E-state index contributed by atoms with van der Waals surface area (Å²) in [5.41, 5.74) is 1.23. The highest BCUT2D eigenvalue weighted by molar-refractivity contribution is 7.92. The van der Waals surface area contributed by atoms with Crippen molar-refractivity contribution >= 4 is 21.7 Å². The van der Waals surface area contributed by atoms with Crippen LogP contribution < -0.4 is 10.0 Å². The lowest BCUT2D eigenvalue weighted by molar-refractivity contribution is 0.601. The minimum Gasteiger partial charge on any atom is -0.368 e. The predicted molar refractivity (Wildman–Crippen MR) is 97.9 cm³/mol. The average Bonchev–Trinajstić information content (AvgIpc) is 2.65. The highest BCUT2D eigenvalue weighted by Crippen LogP contribution is 2.14. The lowest BCUT2D eigenvalue weighted by Gasteiger charge is -2.08. The summed E-state index contributed by atoms with van der Waals surface area (Å²) in [6, 6.07) is 21.5. The number of aromatic nitrogens is 2. The van der Waals surface area contributed by atoms with E-state index in [1.54, 1.807) is 30.3 Å². The molecule has 0 aliphatic rings. The van der Waals surface area contributed by atoms with Gasteiger partial charge in [0.1, 0.15) is 5.82 Å². The van der Waals surface area contributed by atoms with Gasteiger partial charge in [-0.05, 0) is 36.2 Å². The van der Waals surface area contributed by atoms with Crippen molar-refractivity contribution in [3.63, 3.8) is 0 Å². The second kappa shape index (κ2) is 7.76. The molecule has 0 atom stereocenters. The Kier molecular flexibility index (Phi) is 5.25. The smallest absolute Gasteiger partial charge is 0.263 e. The Morgan fingerprint density at radius 2 is 1.36 bits per heavy atom. The van der Waals surface area contributed by atoms with E-state index in [9.17, 15) is 8.42 Å². The molecule has 0 fully saturated rings. The fourth-order valence-corrected chi connectivity index (χ4v) is 3.27. The Morgan fingerprint density at radius 3 is 2.00 bits per heavy atom. The fourth-order valence-electron chi connectivity index (χ4n) is 2.26. The third-order valence-corrected chi connectivity index (χ3v) is 4.89. The van der Waals surface area contributed by atoms with Crippen LogP contribution in [0.3, 0.4) is 0 Å². The van der Waals surface area contributed by atoms with Gasteiger partial charge < -0.3 is 5.32 Å². The Morgan fingerprint density at radius 1 is 0.760 bits per heavy atom. The number of nitrogens with one attached hydrogen (secondary N) is 2. The number of anilines is 2. The highest BCUT2D eigenvalue weighted by Gasteiger charge is 2.14. The number of nitrogens with zero attached hydrogens (tertiary/aromatic N) is 2. The van der Waals surface area contributed by atoms with Crippen LogP contribution in [0.1, 0.15) is 5.56 Å². The van der Waals surface area contributed by atoms with Crippen LogP contribution in [-0.4, -0.2) is 25.2 Å². The van der Waals surface area contributed by atoms with Crippen LogP contribution in [0.5, 0.6) is 0 Å². The minimum atomic E-state index is -3.65. The van der Waals surface area contributed by atoms with Crippen molar-refractivity contribution in [3.8, 4) is 0 Å². The Hall–Kier alpha value is -2.93. The molecule has 0 spiro atoms. The fraction of sp³-hybridized carbons (Fsp3) is 0.111. The van der Waals surface area contributed by atoms with Crippen LogP contribution in [0.15, 0.2) is 77.7 Å². The molecule has 0 unspecified atom stereocenters. The molecule has 1 heterocycles. The van der Waals surface area contributed by atoms with Crippen LogP contribution in [0.4, 0.5) is 11.6 Å². The van der Waals surface area contributed by atoms with Gasteiger partial charge in [-0.15, -0.1) is 10.2 Å². The van der Waals surface area contributed by atoms with Crippen molar-refractivity contribution in [2.45, 2.75) is 11.3 Å². The molecule has 2 aromatic carbocycles. The molecule has 0 radical (unpaired) electrons. The number of hydrogen-bond donors (Lipinski definition) is 2. The van der Waals surface area contributed by atoms with Gasteiger partial charge in [-0.3, -0.25) is 4.72 Å². The Bertz CT molecular complexity index is 899. The molecule has 3 rings (SSSR count). The van der Waals surface area contributed by atoms with Gasteiger partial charge in [0.2, 0.25) is 0 Å². The third-order valence-electron chi connectivity index (χ3n) is 3.52. The Balaban J connectivity index is 1.57. The second-order valence-electron chi connectivity index (χ2n) is 5.38. The molecular formula is C18H18N4O2S. The average molecular weight is 354 g/mol. The zero-order valence-corrected chi connectivity index (χ0v) is 14.3. The van der Waals surface area contributed by atoms with Gasteiger partial charge in [0, 0.05) is 6.54 Å². The molecule has 2 N–H and O–H groups in total. The van der Waals surface area contributed by atoms with Crippen molar-refractivity contribution in [2.75, 3.05) is 16.6 Å². The van der Waals surface area contributed by atoms with Gasteiger partial charge in [-0.25, -0.2) is 8.42 Å². The molecule has 128 valence electrons. The van der Waals surface area contributed by atoms with E-state index < -0.39 is 10.0 Å². The van der Waals surface area contributed by atoms with Crippen LogP contribution in [0.25, 0.3) is 0 Å². The first-order chi connectivity index (χ1) is 12.1. The number of benzene rings is 2. The summed E-state index contributed by atoms with van der Waals surface area (Å²) in [6.45, 7) is 0.716. The predicted octanol–water partition coefficient (Wildman–Crippen LogP) is 2.93. The van der Waals surface area contributed by atoms with Gasteiger partial charge in [0.25, 0.3) is 10.0 Å². The van der Waals surface area contributed by atoms with Crippen LogP contribution in [0, 0.1) is 0 Å². The van der Waals surface area contributed by atoms with Crippen LogP contribution in [0.2, 0.25) is 0 Å². The maximum Gasteiger partial charge on any atom is 0.263 e. The van der Waals surface area contributed by atoms with E-state index in [1.807, 2.05) is 18.2 Å². The van der Waals surface area contributed by atoms with Gasteiger partial charge in [0.05, 0.1) is 4.90 Å². The number of hydrogen-bond acceptors (Lipinski definition) is 5. The minimum absolute atomic E-state index is 0.178. The van der Waals surface area contributed by atoms with Crippen LogP contribution >= 0.6 is 0 Å².